The highest BCUT2D eigenvalue weighted by molar-refractivity contribution is 5.92. The van der Waals surface area contributed by atoms with Crippen LogP contribution in [-0.4, -0.2) is 27.0 Å². The number of carboxylic acid groups (broad SMARTS) is 1. The summed E-state index contributed by atoms with van der Waals surface area (Å²) in [6, 6.07) is 7.65. The van der Waals surface area contributed by atoms with Crippen LogP contribution in [0.1, 0.15) is 48.2 Å². The number of nitrogens with zero attached hydrogens (tertiary/aromatic N) is 2. The van der Waals surface area contributed by atoms with Crippen LogP contribution in [0, 0.1) is 5.92 Å². The first-order valence-corrected chi connectivity index (χ1v) is 8.81. The zero-order valence-electron chi connectivity index (χ0n) is 14.4. The summed E-state index contributed by atoms with van der Waals surface area (Å²) in [6.07, 6.45) is 8.02. The summed E-state index contributed by atoms with van der Waals surface area (Å²) in [5, 5.41) is 14.9. The molecular formula is C19H22N4O3. The molecule has 0 unspecified atom stereocenters. The highest BCUT2D eigenvalue weighted by Crippen LogP contribution is 2.25. The summed E-state index contributed by atoms with van der Waals surface area (Å²) < 4.78 is 0. The van der Waals surface area contributed by atoms with E-state index < -0.39 is 5.97 Å². The Morgan fingerprint density at radius 1 is 1.12 bits per heavy atom. The monoisotopic (exact) mass is 354 g/mol. The average molecular weight is 354 g/mol. The number of carbonyl (C=O) groups is 2. The second-order valence-electron chi connectivity index (χ2n) is 6.47. The van der Waals surface area contributed by atoms with Crippen LogP contribution in [-0.2, 0) is 11.3 Å². The number of rotatable bonds is 6. The van der Waals surface area contributed by atoms with E-state index in [-0.39, 0.29) is 17.5 Å². The smallest absolute Gasteiger partial charge is 0.356 e. The van der Waals surface area contributed by atoms with Crippen LogP contribution in [0.5, 0.6) is 0 Å². The lowest BCUT2D eigenvalue weighted by Gasteiger charge is -2.20. The van der Waals surface area contributed by atoms with Gasteiger partial charge in [-0.3, -0.25) is 4.79 Å². The second kappa shape index (κ2) is 8.42. The van der Waals surface area contributed by atoms with Gasteiger partial charge in [-0.15, -0.1) is 0 Å². The molecule has 0 radical (unpaired) electrons. The lowest BCUT2D eigenvalue weighted by Crippen LogP contribution is -2.24. The van der Waals surface area contributed by atoms with Crippen molar-refractivity contribution in [2.75, 3.05) is 10.6 Å². The van der Waals surface area contributed by atoms with Gasteiger partial charge in [0.2, 0.25) is 5.91 Å². The van der Waals surface area contributed by atoms with Crippen molar-refractivity contribution in [2.24, 2.45) is 5.92 Å². The van der Waals surface area contributed by atoms with E-state index in [2.05, 4.69) is 20.6 Å². The molecular weight excluding hydrogens is 332 g/mol. The molecule has 0 saturated heterocycles. The number of aromatic nitrogens is 2. The van der Waals surface area contributed by atoms with Gasteiger partial charge in [-0.25, -0.2) is 14.8 Å². The Kier molecular flexibility index (Phi) is 5.78. The molecule has 1 saturated carbocycles. The number of nitrogens with one attached hydrogen (secondary N) is 2. The van der Waals surface area contributed by atoms with E-state index in [0.717, 1.165) is 36.9 Å². The predicted molar refractivity (Wildman–Crippen MR) is 98.0 cm³/mol. The van der Waals surface area contributed by atoms with Gasteiger partial charge >= 0.3 is 5.97 Å². The molecule has 1 aliphatic rings. The first-order chi connectivity index (χ1) is 12.6. The van der Waals surface area contributed by atoms with Crippen molar-refractivity contribution in [3.63, 3.8) is 0 Å². The van der Waals surface area contributed by atoms with Gasteiger partial charge in [-0.05, 0) is 30.5 Å². The number of aromatic carboxylic acids is 1. The van der Waals surface area contributed by atoms with E-state index in [4.69, 9.17) is 5.11 Å². The first-order valence-electron chi connectivity index (χ1n) is 8.81. The SMILES string of the molecule is O=C(O)c1cnc(NCc2cccc(NC(=O)C3CCCCC3)c2)cn1. The van der Waals surface area contributed by atoms with Crippen molar-refractivity contribution in [3.8, 4) is 0 Å². The van der Waals surface area contributed by atoms with Crippen LogP contribution < -0.4 is 10.6 Å². The molecule has 0 spiro atoms. The van der Waals surface area contributed by atoms with Gasteiger partial charge in [0.25, 0.3) is 0 Å². The van der Waals surface area contributed by atoms with E-state index in [1.165, 1.54) is 18.8 Å². The molecule has 0 bridgehead atoms. The number of anilines is 2. The third-order valence-electron chi connectivity index (χ3n) is 4.52. The van der Waals surface area contributed by atoms with Crippen LogP contribution in [0.2, 0.25) is 0 Å². The Labute approximate surface area is 151 Å². The van der Waals surface area contributed by atoms with E-state index in [9.17, 15) is 9.59 Å². The molecule has 0 atom stereocenters. The van der Waals surface area contributed by atoms with E-state index in [0.29, 0.717) is 12.4 Å². The van der Waals surface area contributed by atoms with Gasteiger partial charge < -0.3 is 15.7 Å². The van der Waals surface area contributed by atoms with Gasteiger partial charge in [-0.1, -0.05) is 31.4 Å². The number of carbonyl (C=O) groups excluding carboxylic acids is 1. The zero-order valence-corrected chi connectivity index (χ0v) is 14.4. The van der Waals surface area contributed by atoms with Gasteiger partial charge in [-0.2, -0.15) is 0 Å². The molecule has 1 aromatic heterocycles. The van der Waals surface area contributed by atoms with Gasteiger partial charge in [0.05, 0.1) is 12.4 Å². The normalized spacial score (nSPS) is 14.6. The highest BCUT2D eigenvalue weighted by Gasteiger charge is 2.21. The summed E-state index contributed by atoms with van der Waals surface area (Å²) in [4.78, 5) is 31.0. The topological polar surface area (TPSA) is 104 Å². The van der Waals surface area contributed by atoms with Crippen molar-refractivity contribution in [3.05, 3.63) is 47.9 Å². The predicted octanol–water partition coefficient (Wildman–Crippen LogP) is 3.31. The fourth-order valence-electron chi connectivity index (χ4n) is 3.09. The summed E-state index contributed by atoms with van der Waals surface area (Å²) >= 11 is 0. The van der Waals surface area contributed by atoms with E-state index in [1.54, 1.807) is 0 Å². The number of benzene rings is 1. The number of amides is 1. The van der Waals surface area contributed by atoms with Crippen LogP contribution in [0.25, 0.3) is 0 Å². The second-order valence-corrected chi connectivity index (χ2v) is 6.47. The summed E-state index contributed by atoms with van der Waals surface area (Å²) in [6.45, 7) is 0.494. The molecule has 26 heavy (non-hydrogen) atoms. The molecule has 7 heteroatoms. The lowest BCUT2D eigenvalue weighted by atomic mass is 9.88. The van der Waals surface area contributed by atoms with Crippen molar-refractivity contribution in [2.45, 2.75) is 38.6 Å². The zero-order chi connectivity index (χ0) is 18.4. The molecule has 1 aliphatic carbocycles. The molecule has 1 fully saturated rings. The first kappa shape index (κ1) is 17.8. The molecule has 0 aliphatic heterocycles. The molecule has 1 aromatic carbocycles. The quantitative estimate of drug-likeness (QED) is 0.735. The van der Waals surface area contributed by atoms with Crippen molar-refractivity contribution in [1.29, 1.82) is 0 Å². The van der Waals surface area contributed by atoms with Gasteiger partial charge in [0.15, 0.2) is 5.69 Å². The Balaban J connectivity index is 1.56. The fourth-order valence-corrected chi connectivity index (χ4v) is 3.09. The molecule has 3 rings (SSSR count). The summed E-state index contributed by atoms with van der Waals surface area (Å²) in [7, 11) is 0. The minimum Gasteiger partial charge on any atom is -0.476 e. The third-order valence-corrected chi connectivity index (χ3v) is 4.52. The van der Waals surface area contributed by atoms with Crippen LogP contribution in [0.3, 0.4) is 0 Å². The number of carboxylic acids is 1. The maximum Gasteiger partial charge on any atom is 0.356 e. The van der Waals surface area contributed by atoms with Crippen molar-refractivity contribution < 1.29 is 14.7 Å². The Morgan fingerprint density at radius 2 is 1.92 bits per heavy atom. The number of hydrogen-bond donors (Lipinski definition) is 3. The molecule has 1 amide bonds. The fraction of sp³-hybridized carbons (Fsp3) is 0.368. The molecule has 3 N–H and O–H groups in total. The molecule has 136 valence electrons. The van der Waals surface area contributed by atoms with Crippen LogP contribution in [0.15, 0.2) is 36.7 Å². The molecule has 1 heterocycles. The maximum absolute atomic E-state index is 12.4. The summed E-state index contributed by atoms with van der Waals surface area (Å²) in [5.74, 6) is -0.393. The third kappa shape index (κ3) is 4.78. The van der Waals surface area contributed by atoms with Crippen LogP contribution in [0.4, 0.5) is 11.5 Å². The van der Waals surface area contributed by atoms with Gasteiger partial charge in [0.1, 0.15) is 5.82 Å². The number of hydrogen-bond acceptors (Lipinski definition) is 5. The van der Waals surface area contributed by atoms with Crippen molar-refractivity contribution >= 4 is 23.4 Å². The standard InChI is InChI=1S/C19H22N4O3/c24-18(14-6-2-1-3-7-14)23-15-8-4-5-13(9-15)10-21-17-12-20-16(11-22-17)19(25)26/h4-5,8-9,11-12,14H,1-3,6-7,10H2,(H,21,22)(H,23,24)(H,25,26). The Morgan fingerprint density at radius 3 is 2.62 bits per heavy atom. The van der Waals surface area contributed by atoms with E-state index in [1.807, 2.05) is 24.3 Å². The maximum atomic E-state index is 12.4. The Bertz CT molecular complexity index is 771. The molecule has 2 aromatic rings. The lowest BCUT2D eigenvalue weighted by molar-refractivity contribution is -0.120. The highest BCUT2D eigenvalue weighted by atomic mass is 16.4. The van der Waals surface area contributed by atoms with E-state index >= 15 is 0 Å². The Hall–Kier alpha value is -2.96. The van der Waals surface area contributed by atoms with Crippen LogP contribution >= 0.6 is 0 Å². The minimum absolute atomic E-state index is 0.0945. The minimum atomic E-state index is -1.11. The van der Waals surface area contributed by atoms with Crippen molar-refractivity contribution in [1.82, 2.24) is 9.97 Å². The molecule has 7 nitrogen and oxygen atoms in total. The summed E-state index contributed by atoms with van der Waals surface area (Å²) in [5.41, 5.74) is 1.67. The largest absolute Gasteiger partial charge is 0.476 e. The van der Waals surface area contributed by atoms with Gasteiger partial charge in [0, 0.05) is 18.2 Å². The average Bonchev–Trinajstić information content (AvgIpc) is 2.67.